The molecule has 1 heterocycles. The van der Waals surface area contributed by atoms with Crippen molar-refractivity contribution in [1.29, 1.82) is 0 Å². The average Bonchev–Trinajstić information content (AvgIpc) is 3.25. The summed E-state index contributed by atoms with van der Waals surface area (Å²) in [5.74, 6) is 1.67. The third kappa shape index (κ3) is 3.03. The SMILES string of the molecule is NC(=O)c1cc(Cl)nnc1NC1CCCC(C2CC2)C1. The number of nitrogens with one attached hydrogen (secondary N) is 1. The second-order valence-electron chi connectivity index (χ2n) is 5.90. The molecule has 2 aliphatic carbocycles. The Labute approximate surface area is 123 Å². The van der Waals surface area contributed by atoms with Gasteiger partial charge in [-0.15, -0.1) is 10.2 Å². The Kier molecular flexibility index (Phi) is 3.78. The number of amides is 1. The third-order valence-electron chi connectivity index (χ3n) is 4.37. The molecule has 5 nitrogen and oxygen atoms in total. The molecule has 2 atom stereocenters. The molecular weight excluding hydrogens is 276 g/mol. The molecule has 0 radical (unpaired) electrons. The van der Waals surface area contributed by atoms with Crippen LogP contribution in [0.5, 0.6) is 0 Å². The Bertz CT molecular complexity index is 518. The first-order valence-corrected chi connectivity index (χ1v) is 7.61. The zero-order chi connectivity index (χ0) is 14.1. The topological polar surface area (TPSA) is 80.9 Å². The van der Waals surface area contributed by atoms with Crippen LogP contribution < -0.4 is 11.1 Å². The molecule has 20 heavy (non-hydrogen) atoms. The predicted molar refractivity (Wildman–Crippen MR) is 77.7 cm³/mol. The van der Waals surface area contributed by atoms with Crippen LogP contribution in [0.15, 0.2) is 6.07 Å². The lowest BCUT2D eigenvalue weighted by molar-refractivity contribution is 0.100. The van der Waals surface area contributed by atoms with Gasteiger partial charge in [0.05, 0.1) is 5.56 Å². The van der Waals surface area contributed by atoms with Crippen molar-refractivity contribution in [3.05, 3.63) is 16.8 Å². The van der Waals surface area contributed by atoms with Gasteiger partial charge in [-0.2, -0.15) is 0 Å². The average molecular weight is 295 g/mol. The number of carbonyl (C=O) groups is 1. The van der Waals surface area contributed by atoms with Crippen LogP contribution in [0.1, 0.15) is 48.9 Å². The van der Waals surface area contributed by atoms with Crippen molar-refractivity contribution in [3.8, 4) is 0 Å². The van der Waals surface area contributed by atoms with Gasteiger partial charge in [-0.05, 0) is 43.6 Å². The van der Waals surface area contributed by atoms with Gasteiger partial charge >= 0.3 is 0 Å². The van der Waals surface area contributed by atoms with Gasteiger partial charge in [0, 0.05) is 6.04 Å². The number of primary amides is 1. The van der Waals surface area contributed by atoms with Gasteiger partial charge in [0.15, 0.2) is 11.0 Å². The normalized spacial score (nSPS) is 26.2. The number of aromatic nitrogens is 2. The molecule has 3 N–H and O–H groups in total. The van der Waals surface area contributed by atoms with E-state index in [-0.39, 0.29) is 5.15 Å². The molecule has 0 bridgehead atoms. The maximum Gasteiger partial charge on any atom is 0.252 e. The monoisotopic (exact) mass is 294 g/mol. The Morgan fingerprint density at radius 1 is 1.25 bits per heavy atom. The Morgan fingerprint density at radius 3 is 2.75 bits per heavy atom. The van der Waals surface area contributed by atoms with Gasteiger partial charge in [-0.25, -0.2) is 0 Å². The summed E-state index contributed by atoms with van der Waals surface area (Å²) in [5.41, 5.74) is 5.69. The highest BCUT2D eigenvalue weighted by atomic mass is 35.5. The highest BCUT2D eigenvalue weighted by Crippen LogP contribution is 2.44. The molecule has 0 aromatic carbocycles. The molecule has 0 aliphatic heterocycles. The Hall–Kier alpha value is -1.36. The number of hydrogen-bond donors (Lipinski definition) is 2. The molecule has 0 spiro atoms. The van der Waals surface area contributed by atoms with Crippen LogP contribution in [0.3, 0.4) is 0 Å². The molecular formula is C14H19ClN4O. The lowest BCUT2D eigenvalue weighted by Gasteiger charge is -2.30. The van der Waals surface area contributed by atoms with Gasteiger partial charge in [0.25, 0.3) is 5.91 Å². The van der Waals surface area contributed by atoms with Gasteiger partial charge in [-0.1, -0.05) is 24.4 Å². The molecule has 108 valence electrons. The summed E-state index contributed by atoms with van der Waals surface area (Å²) in [7, 11) is 0. The van der Waals surface area contributed by atoms with Crippen LogP contribution in [0.4, 0.5) is 5.82 Å². The fourth-order valence-electron chi connectivity index (χ4n) is 3.21. The van der Waals surface area contributed by atoms with Crippen LogP contribution in [0, 0.1) is 11.8 Å². The number of halogens is 1. The van der Waals surface area contributed by atoms with Crippen LogP contribution in [0.25, 0.3) is 0 Å². The van der Waals surface area contributed by atoms with Gasteiger partial charge in [-0.3, -0.25) is 4.79 Å². The summed E-state index contributed by atoms with van der Waals surface area (Å²) < 4.78 is 0. The summed E-state index contributed by atoms with van der Waals surface area (Å²) in [4.78, 5) is 11.5. The fraction of sp³-hybridized carbons (Fsp3) is 0.643. The summed E-state index contributed by atoms with van der Waals surface area (Å²) in [6.45, 7) is 0. The fourth-order valence-corrected chi connectivity index (χ4v) is 3.36. The smallest absolute Gasteiger partial charge is 0.252 e. The Morgan fingerprint density at radius 2 is 2.05 bits per heavy atom. The lowest BCUT2D eigenvalue weighted by atomic mass is 9.82. The van der Waals surface area contributed by atoms with Crippen molar-refractivity contribution in [2.75, 3.05) is 5.32 Å². The second-order valence-corrected chi connectivity index (χ2v) is 6.29. The number of hydrogen-bond acceptors (Lipinski definition) is 4. The highest BCUT2D eigenvalue weighted by molar-refractivity contribution is 6.29. The first kappa shape index (κ1) is 13.6. The van der Waals surface area contributed by atoms with Crippen molar-refractivity contribution in [1.82, 2.24) is 10.2 Å². The number of anilines is 1. The maximum atomic E-state index is 11.5. The molecule has 1 aromatic rings. The van der Waals surface area contributed by atoms with E-state index in [0.29, 0.717) is 17.4 Å². The summed E-state index contributed by atoms with van der Waals surface area (Å²) in [6.07, 6.45) is 7.57. The summed E-state index contributed by atoms with van der Waals surface area (Å²) in [5, 5.41) is 11.3. The largest absolute Gasteiger partial charge is 0.365 e. The first-order valence-electron chi connectivity index (χ1n) is 7.23. The number of rotatable bonds is 4. The van der Waals surface area contributed by atoms with Crippen LogP contribution in [-0.2, 0) is 0 Å². The van der Waals surface area contributed by atoms with Crippen LogP contribution in [0.2, 0.25) is 5.15 Å². The number of nitrogens with two attached hydrogens (primary N) is 1. The zero-order valence-electron chi connectivity index (χ0n) is 11.3. The lowest BCUT2D eigenvalue weighted by Crippen LogP contribution is -2.30. The second kappa shape index (κ2) is 5.56. The van der Waals surface area contributed by atoms with Gasteiger partial charge in [0.1, 0.15) is 0 Å². The van der Waals surface area contributed by atoms with E-state index in [1.54, 1.807) is 0 Å². The van der Waals surface area contributed by atoms with E-state index in [1.807, 2.05) is 0 Å². The van der Waals surface area contributed by atoms with E-state index >= 15 is 0 Å². The van der Waals surface area contributed by atoms with E-state index in [2.05, 4.69) is 15.5 Å². The van der Waals surface area contributed by atoms with E-state index in [4.69, 9.17) is 17.3 Å². The van der Waals surface area contributed by atoms with Crippen molar-refractivity contribution in [2.45, 2.75) is 44.6 Å². The van der Waals surface area contributed by atoms with Crippen molar-refractivity contribution < 1.29 is 4.79 Å². The Balaban J connectivity index is 1.71. The van der Waals surface area contributed by atoms with Crippen LogP contribution in [-0.4, -0.2) is 22.1 Å². The van der Waals surface area contributed by atoms with E-state index < -0.39 is 5.91 Å². The third-order valence-corrected chi connectivity index (χ3v) is 4.56. The van der Waals surface area contributed by atoms with E-state index in [1.165, 1.54) is 31.7 Å². The van der Waals surface area contributed by atoms with Crippen molar-refractivity contribution in [3.63, 3.8) is 0 Å². The molecule has 2 unspecified atom stereocenters. The first-order chi connectivity index (χ1) is 9.63. The summed E-state index contributed by atoms with van der Waals surface area (Å²) >= 11 is 5.77. The van der Waals surface area contributed by atoms with Gasteiger partial charge < -0.3 is 11.1 Å². The predicted octanol–water partition coefficient (Wildman–Crippen LogP) is 2.61. The molecule has 1 aromatic heterocycles. The van der Waals surface area contributed by atoms with Crippen molar-refractivity contribution in [2.24, 2.45) is 17.6 Å². The molecule has 2 fully saturated rings. The van der Waals surface area contributed by atoms with Gasteiger partial charge in [0.2, 0.25) is 0 Å². The number of nitrogens with zero attached hydrogens (tertiary/aromatic N) is 2. The minimum absolute atomic E-state index is 0.184. The molecule has 6 heteroatoms. The highest BCUT2D eigenvalue weighted by Gasteiger charge is 2.35. The minimum atomic E-state index is -0.529. The summed E-state index contributed by atoms with van der Waals surface area (Å²) in [6, 6.07) is 1.82. The quantitative estimate of drug-likeness (QED) is 0.894. The molecule has 2 aliphatic rings. The molecule has 3 rings (SSSR count). The van der Waals surface area contributed by atoms with Crippen molar-refractivity contribution >= 4 is 23.3 Å². The standard InChI is InChI=1S/C14H19ClN4O/c15-12-7-11(13(16)20)14(19-18-12)17-10-3-1-2-9(6-10)8-4-5-8/h7-10H,1-6H2,(H2,16,20)(H,17,19). The molecule has 0 saturated heterocycles. The van der Waals surface area contributed by atoms with E-state index in [9.17, 15) is 4.79 Å². The minimum Gasteiger partial charge on any atom is -0.365 e. The number of carbonyl (C=O) groups excluding carboxylic acids is 1. The zero-order valence-corrected chi connectivity index (χ0v) is 12.1. The maximum absolute atomic E-state index is 11.5. The van der Waals surface area contributed by atoms with E-state index in [0.717, 1.165) is 24.7 Å². The molecule has 1 amide bonds. The van der Waals surface area contributed by atoms with Crippen LogP contribution >= 0.6 is 11.6 Å². The molecule has 2 saturated carbocycles.